The van der Waals surface area contributed by atoms with Crippen LogP contribution in [0.15, 0.2) is 18.2 Å². The normalized spacial score (nSPS) is 22.5. The third-order valence-electron chi connectivity index (χ3n) is 3.49. The molecule has 1 atom stereocenters. The molecule has 1 aliphatic rings. The molecular weight excluding hydrogens is 217 g/mol. The van der Waals surface area contributed by atoms with Crippen molar-refractivity contribution in [1.29, 1.82) is 0 Å². The van der Waals surface area contributed by atoms with Crippen LogP contribution in [0.5, 0.6) is 5.75 Å². The summed E-state index contributed by atoms with van der Waals surface area (Å²) in [5.41, 5.74) is 1.35. The first-order valence-electron chi connectivity index (χ1n) is 6.10. The smallest absolute Gasteiger partial charge is 0.165 e. The lowest BCUT2D eigenvalue weighted by molar-refractivity contribution is 0.378. The quantitative estimate of drug-likeness (QED) is 0.862. The van der Waals surface area contributed by atoms with E-state index >= 15 is 0 Å². The van der Waals surface area contributed by atoms with Crippen LogP contribution in [-0.2, 0) is 0 Å². The molecular formula is C14H20FNO. The maximum Gasteiger partial charge on any atom is 0.165 e. The summed E-state index contributed by atoms with van der Waals surface area (Å²) in [6.45, 7) is 4.58. The van der Waals surface area contributed by atoms with Crippen LogP contribution >= 0.6 is 0 Å². The number of anilines is 1. The Labute approximate surface area is 102 Å². The van der Waals surface area contributed by atoms with Gasteiger partial charge in [-0.15, -0.1) is 0 Å². The minimum absolute atomic E-state index is 0.298. The van der Waals surface area contributed by atoms with Crippen LogP contribution in [0.1, 0.15) is 33.1 Å². The second kappa shape index (κ2) is 4.55. The predicted octanol–water partition coefficient (Wildman–Crippen LogP) is 3.82. The molecule has 2 nitrogen and oxygen atoms in total. The van der Waals surface area contributed by atoms with Gasteiger partial charge in [0.05, 0.1) is 7.11 Å². The first-order chi connectivity index (χ1) is 8.00. The molecule has 1 N–H and O–H groups in total. The number of hydrogen-bond acceptors (Lipinski definition) is 2. The summed E-state index contributed by atoms with van der Waals surface area (Å²) in [5, 5.41) is 3.45. The Morgan fingerprint density at radius 3 is 2.76 bits per heavy atom. The maximum atomic E-state index is 13.3. The molecule has 1 fully saturated rings. The van der Waals surface area contributed by atoms with Crippen molar-refractivity contribution in [2.75, 3.05) is 12.4 Å². The lowest BCUT2D eigenvalue weighted by Crippen LogP contribution is -2.17. The molecule has 0 bridgehead atoms. The number of halogens is 1. The van der Waals surface area contributed by atoms with E-state index in [1.165, 1.54) is 26.0 Å². The zero-order valence-electron chi connectivity index (χ0n) is 10.7. The zero-order chi connectivity index (χ0) is 12.5. The molecule has 0 aromatic heterocycles. The lowest BCUT2D eigenvalue weighted by Gasteiger charge is -2.19. The maximum absolute atomic E-state index is 13.3. The van der Waals surface area contributed by atoms with Crippen LogP contribution in [0.2, 0.25) is 0 Å². The number of rotatable bonds is 3. The van der Waals surface area contributed by atoms with Crippen LogP contribution < -0.4 is 10.1 Å². The van der Waals surface area contributed by atoms with Gasteiger partial charge in [-0.05, 0) is 36.8 Å². The van der Waals surface area contributed by atoms with E-state index in [-0.39, 0.29) is 5.82 Å². The van der Waals surface area contributed by atoms with Gasteiger partial charge in [0.25, 0.3) is 0 Å². The van der Waals surface area contributed by atoms with E-state index in [2.05, 4.69) is 19.2 Å². The standard InChI is InChI=1S/C14H20FNO/c1-14(2)7-6-11(9-14)16-10-4-5-12(15)13(8-10)17-3/h4-5,8,11,16H,6-7,9H2,1-3H3. The largest absolute Gasteiger partial charge is 0.494 e. The third kappa shape index (κ3) is 2.90. The molecule has 1 aromatic rings. The third-order valence-corrected chi connectivity index (χ3v) is 3.49. The first-order valence-corrected chi connectivity index (χ1v) is 6.10. The van der Waals surface area contributed by atoms with Gasteiger partial charge < -0.3 is 10.1 Å². The summed E-state index contributed by atoms with van der Waals surface area (Å²) < 4.78 is 18.2. The van der Waals surface area contributed by atoms with E-state index in [0.717, 1.165) is 12.1 Å². The van der Waals surface area contributed by atoms with Crippen molar-refractivity contribution in [2.45, 2.75) is 39.2 Å². The Morgan fingerprint density at radius 2 is 2.18 bits per heavy atom. The van der Waals surface area contributed by atoms with E-state index < -0.39 is 0 Å². The molecule has 0 aliphatic heterocycles. The number of nitrogens with one attached hydrogen (secondary N) is 1. The van der Waals surface area contributed by atoms with Gasteiger partial charge in [-0.2, -0.15) is 0 Å². The molecule has 0 amide bonds. The fourth-order valence-electron chi connectivity index (χ4n) is 2.54. The molecule has 0 radical (unpaired) electrons. The van der Waals surface area contributed by atoms with E-state index in [0.29, 0.717) is 17.2 Å². The van der Waals surface area contributed by atoms with Gasteiger partial charge in [0, 0.05) is 17.8 Å². The van der Waals surface area contributed by atoms with Crippen LogP contribution in [0.3, 0.4) is 0 Å². The first kappa shape index (κ1) is 12.2. The van der Waals surface area contributed by atoms with Gasteiger partial charge in [0.1, 0.15) is 0 Å². The molecule has 0 saturated heterocycles. The van der Waals surface area contributed by atoms with Crippen molar-refractivity contribution >= 4 is 5.69 Å². The van der Waals surface area contributed by atoms with Crippen LogP contribution in [-0.4, -0.2) is 13.2 Å². The van der Waals surface area contributed by atoms with Crippen molar-refractivity contribution in [3.8, 4) is 5.75 Å². The summed E-state index contributed by atoms with van der Waals surface area (Å²) in [5.74, 6) is -0.0166. The highest BCUT2D eigenvalue weighted by molar-refractivity contribution is 5.49. The van der Waals surface area contributed by atoms with Crippen LogP contribution in [0.25, 0.3) is 0 Å². The molecule has 1 unspecified atom stereocenters. The lowest BCUT2D eigenvalue weighted by atomic mass is 9.92. The van der Waals surface area contributed by atoms with Gasteiger partial charge in [-0.3, -0.25) is 0 Å². The fraction of sp³-hybridized carbons (Fsp3) is 0.571. The molecule has 94 valence electrons. The molecule has 1 saturated carbocycles. The Bertz CT molecular complexity index is 403. The van der Waals surface area contributed by atoms with Crippen molar-refractivity contribution in [1.82, 2.24) is 0 Å². The zero-order valence-corrected chi connectivity index (χ0v) is 10.7. The summed E-state index contributed by atoms with van der Waals surface area (Å²) in [6, 6.07) is 5.42. The Kier molecular flexibility index (Phi) is 3.27. The predicted molar refractivity (Wildman–Crippen MR) is 68.0 cm³/mol. The average Bonchev–Trinajstić information content (AvgIpc) is 2.61. The van der Waals surface area contributed by atoms with E-state index in [4.69, 9.17) is 4.74 Å². The second-order valence-electron chi connectivity index (χ2n) is 5.60. The van der Waals surface area contributed by atoms with E-state index in [1.54, 1.807) is 12.1 Å². The molecule has 17 heavy (non-hydrogen) atoms. The minimum atomic E-state index is -0.315. The molecule has 1 aromatic carbocycles. The number of hydrogen-bond donors (Lipinski definition) is 1. The van der Waals surface area contributed by atoms with Crippen molar-refractivity contribution in [2.24, 2.45) is 5.41 Å². The summed E-state index contributed by atoms with van der Waals surface area (Å²) in [6.07, 6.45) is 3.57. The monoisotopic (exact) mass is 237 g/mol. The fourth-order valence-corrected chi connectivity index (χ4v) is 2.54. The van der Waals surface area contributed by atoms with E-state index in [9.17, 15) is 4.39 Å². The number of benzene rings is 1. The van der Waals surface area contributed by atoms with Gasteiger partial charge >= 0.3 is 0 Å². The average molecular weight is 237 g/mol. The molecule has 0 spiro atoms. The summed E-state index contributed by atoms with van der Waals surface area (Å²) in [4.78, 5) is 0. The highest BCUT2D eigenvalue weighted by Gasteiger charge is 2.30. The highest BCUT2D eigenvalue weighted by atomic mass is 19.1. The Balaban J connectivity index is 2.04. The second-order valence-corrected chi connectivity index (χ2v) is 5.60. The SMILES string of the molecule is COc1cc(NC2CCC(C)(C)C2)ccc1F. The topological polar surface area (TPSA) is 21.3 Å². The van der Waals surface area contributed by atoms with Gasteiger partial charge in [0.15, 0.2) is 11.6 Å². The molecule has 1 aliphatic carbocycles. The van der Waals surface area contributed by atoms with E-state index in [1.807, 2.05) is 0 Å². The van der Waals surface area contributed by atoms with Gasteiger partial charge in [-0.1, -0.05) is 13.8 Å². The summed E-state index contributed by atoms with van der Waals surface area (Å²) >= 11 is 0. The van der Waals surface area contributed by atoms with Crippen molar-refractivity contribution < 1.29 is 9.13 Å². The Morgan fingerprint density at radius 1 is 1.41 bits per heavy atom. The minimum Gasteiger partial charge on any atom is -0.494 e. The molecule has 0 heterocycles. The molecule has 3 heteroatoms. The molecule has 2 rings (SSSR count). The highest BCUT2D eigenvalue weighted by Crippen LogP contribution is 2.38. The number of ether oxygens (including phenoxy) is 1. The number of methoxy groups -OCH3 is 1. The Hall–Kier alpha value is -1.25. The van der Waals surface area contributed by atoms with Gasteiger partial charge in [-0.25, -0.2) is 4.39 Å². The van der Waals surface area contributed by atoms with Gasteiger partial charge in [0.2, 0.25) is 0 Å². The van der Waals surface area contributed by atoms with Crippen molar-refractivity contribution in [3.05, 3.63) is 24.0 Å². The van der Waals surface area contributed by atoms with Crippen LogP contribution in [0, 0.1) is 11.2 Å². The summed E-state index contributed by atoms with van der Waals surface area (Å²) in [7, 11) is 1.49. The van der Waals surface area contributed by atoms with Crippen molar-refractivity contribution in [3.63, 3.8) is 0 Å². The van der Waals surface area contributed by atoms with Crippen LogP contribution in [0.4, 0.5) is 10.1 Å².